The van der Waals surface area contributed by atoms with E-state index in [-0.39, 0.29) is 0 Å². The van der Waals surface area contributed by atoms with Crippen LogP contribution in [0.1, 0.15) is 32.1 Å². The van der Waals surface area contributed by atoms with Crippen molar-refractivity contribution in [1.29, 1.82) is 0 Å². The maximum Gasteiger partial charge on any atom is -0.0163 e. The second kappa shape index (κ2) is 7.60. The third-order valence-electron chi connectivity index (χ3n) is 2.03. The van der Waals surface area contributed by atoms with Crippen molar-refractivity contribution in [1.82, 2.24) is 0 Å². The normalized spacial score (nSPS) is 19.1. The third-order valence-corrected chi connectivity index (χ3v) is 2.03. The number of hydrogen-bond acceptors (Lipinski definition) is 0. The molecule has 2 aliphatic carbocycles. The first kappa shape index (κ1) is 10.0. The van der Waals surface area contributed by atoms with E-state index >= 15 is 0 Å². The van der Waals surface area contributed by atoms with Crippen molar-refractivity contribution in [3.63, 3.8) is 0 Å². The molecule has 0 bridgehead atoms. The summed E-state index contributed by atoms with van der Waals surface area (Å²) in [5.41, 5.74) is 0. The minimum Gasteiger partial charge on any atom is -0.0845 e. The lowest BCUT2D eigenvalue weighted by Gasteiger charge is -1.94. The van der Waals surface area contributed by atoms with E-state index < -0.39 is 0 Å². The lowest BCUT2D eigenvalue weighted by Crippen LogP contribution is -1.74. The smallest absolute Gasteiger partial charge is 0.0163 e. The van der Waals surface area contributed by atoms with Gasteiger partial charge < -0.3 is 0 Å². The molecule has 70 valence electrons. The monoisotopic (exact) mass is 174 g/mol. The van der Waals surface area contributed by atoms with E-state index in [1.807, 2.05) is 0 Å². The van der Waals surface area contributed by atoms with Crippen LogP contribution in [0.15, 0.2) is 48.6 Å². The predicted molar refractivity (Wildman–Crippen MR) is 59.6 cm³/mol. The number of rotatable bonds is 0. The molecule has 0 aromatic heterocycles. The fourth-order valence-corrected chi connectivity index (χ4v) is 1.27. The van der Waals surface area contributed by atoms with Gasteiger partial charge >= 0.3 is 0 Å². The van der Waals surface area contributed by atoms with Gasteiger partial charge in [-0.3, -0.25) is 0 Å². The topological polar surface area (TPSA) is 0 Å². The highest BCUT2D eigenvalue weighted by molar-refractivity contribution is 5.12. The molecule has 0 nitrogen and oxygen atoms in total. The highest BCUT2D eigenvalue weighted by Gasteiger charge is 1.84. The predicted octanol–water partition coefficient (Wildman–Crippen LogP) is 4.18. The SMILES string of the molecule is C1=CCC=C1.C1=CCCCCC=C1. The molecule has 2 aliphatic rings. The van der Waals surface area contributed by atoms with Crippen molar-refractivity contribution >= 4 is 0 Å². The summed E-state index contributed by atoms with van der Waals surface area (Å²) in [7, 11) is 0. The van der Waals surface area contributed by atoms with E-state index in [0.29, 0.717) is 0 Å². The number of hydrogen-bond donors (Lipinski definition) is 0. The van der Waals surface area contributed by atoms with Crippen LogP contribution in [0.2, 0.25) is 0 Å². The highest BCUT2D eigenvalue weighted by Crippen LogP contribution is 2.04. The Kier molecular flexibility index (Phi) is 5.87. The summed E-state index contributed by atoms with van der Waals surface area (Å²) in [6.45, 7) is 0. The summed E-state index contributed by atoms with van der Waals surface area (Å²) in [6, 6.07) is 0. The quantitative estimate of drug-likeness (QED) is 0.517. The molecule has 0 aromatic carbocycles. The van der Waals surface area contributed by atoms with E-state index in [2.05, 4.69) is 48.6 Å². The lowest BCUT2D eigenvalue weighted by molar-refractivity contribution is 0.758. The summed E-state index contributed by atoms with van der Waals surface area (Å²) < 4.78 is 0. The zero-order valence-corrected chi connectivity index (χ0v) is 8.15. The molecular weight excluding hydrogens is 156 g/mol. The van der Waals surface area contributed by atoms with E-state index in [1.54, 1.807) is 0 Å². The minimum absolute atomic E-state index is 1.14. The maximum atomic E-state index is 2.23. The molecule has 0 atom stereocenters. The fourth-order valence-electron chi connectivity index (χ4n) is 1.27. The first-order valence-electron chi connectivity index (χ1n) is 5.13. The molecule has 0 heteroatoms. The Hall–Kier alpha value is -1.04. The Balaban J connectivity index is 0.000000145. The van der Waals surface area contributed by atoms with Crippen LogP contribution >= 0.6 is 0 Å². The first-order chi connectivity index (χ1) is 6.50. The Morgan fingerprint density at radius 1 is 0.538 bits per heavy atom. The molecular formula is C13H18. The van der Waals surface area contributed by atoms with Gasteiger partial charge in [0.25, 0.3) is 0 Å². The third kappa shape index (κ3) is 6.15. The van der Waals surface area contributed by atoms with Crippen LogP contribution in [0.4, 0.5) is 0 Å². The molecule has 0 N–H and O–H groups in total. The Bertz CT molecular complexity index is 192. The molecule has 0 spiro atoms. The first-order valence-corrected chi connectivity index (χ1v) is 5.13. The zero-order valence-electron chi connectivity index (χ0n) is 8.15. The van der Waals surface area contributed by atoms with E-state index in [9.17, 15) is 0 Å². The largest absolute Gasteiger partial charge is 0.0845 e. The summed E-state index contributed by atoms with van der Waals surface area (Å²) in [4.78, 5) is 0. The Morgan fingerprint density at radius 3 is 1.38 bits per heavy atom. The highest BCUT2D eigenvalue weighted by atomic mass is 13.9. The summed E-state index contributed by atoms with van der Waals surface area (Å²) in [5, 5.41) is 0. The summed E-state index contributed by atoms with van der Waals surface area (Å²) in [5.74, 6) is 0. The standard InChI is InChI=1S/C8H12.C5H6/c1-2-4-6-8-7-5-3-1;1-2-4-5-3-1/h1-4H,5-8H2;1-4H,5H2. The van der Waals surface area contributed by atoms with Crippen molar-refractivity contribution in [3.05, 3.63) is 48.6 Å². The molecule has 0 amide bonds. The lowest BCUT2D eigenvalue weighted by atomic mass is 10.1. The van der Waals surface area contributed by atoms with Gasteiger partial charge in [-0.25, -0.2) is 0 Å². The van der Waals surface area contributed by atoms with Gasteiger partial charge in [0.2, 0.25) is 0 Å². The van der Waals surface area contributed by atoms with Gasteiger partial charge in [-0.05, 0) is 32.1 Å². The van der Waals surface area contributed by atoms with Gasteiger partial charge in [0.15, 0.2) is 0 Å². The second-order valence-electron chi connectivity index (χ2n) is 3.23. The van der Waals surface area contributed by atoms with Crippen LogP contribution < -0.4 is 0 Å². The van der Waals surface area contributed by atoms with Crippen LogP contribution in [-0.4, -0.2) is 0 Å². The van der Waals surface area contributed by atoms with Crippen LogP contribution in [-0.2, 0) is 0 Å². The minimum atomic E-state index is 1.14. The molecule has 0 radical (unpaired) electrons. The Morgan fingerprint density at radius 2 is 1.00 bits per heavy atom. The number of allylic oxidation sites excluding steroid dienone is 8. The molecule has 0 fully saturated rings. The fraction of sp³-hybridized carbons (Fsp3) is 0.385. The van der Waals surface area contributed by atoms with Gasteiger partial charge in [-0.2, -0.15) is 0 Å². The summed E-state index contributed by atoms with van der Waals surface area (Å²) >= 11 is 0. The van der Waals surface area contributed by atoms with Crippen molar-refractivity contribution in [3.8, 4) is 0 Å². The van der Waals surface area contributed by atoms with Gasteiger partial charge in [-0.15, -0.1) is 0 Å². The molecule has 0 aromatic rings. The molecule has 0 aliphatic heterocycles. The van der Waals surface area contributed by atoms with Crippen LogP contribution in [0.5, 0.6) is 0 Å². The maximum absolute atomic E-state index is 2.23. The van der Waals surface area contributed by atoms with Crippen molar-refractivity contribution < 1.29 is 0 Å². The molecule has 0 heterocycles. The average molecular weight is 174 g/mol. The van der Waals surface area contributed by atoms with Gasteiger partial charge in [0, 0.05) is 0 Å². The second-order valence-corrected chi connectivity index (χ2v) is 3.23. The van der Waals surface area contributed by atoms with Crippen molar-refractivity contribution in [2.24, 2.45) is 0 Å². The van der Waals surface area contributed by atoms with Gasteiger partial charge in [0.1, 0.15) is 0 Å². The van der Waals surface area contributed by atoms with E-state index in [0.717, 1.165) is 6.42 Å². The van der Waals surface area contributed by atoms with Crippen molar-refractivity contribution in [2.45, 2.75) is 32.1 Å². The molecule has 0 unspecified atom stereocenters. The van der Waals surface area contributed by atoms with Crippen LogP contribution in [0, 0.1) is 0 Å². The Labute approximate surface area is 81.4 Å². The van der Waals surface area contributed by atoms with Crippen LogP contribution in [0.25, 0.3) is 0 Å². The average Bonchev–Trinajstić information content (AvgIpc) is 2.58. The zero-order chi connectivity index (χ0) is 9.19. The summed E-state index contributed by atoms with van der Waals surface area (Å²) in [6.07, 6.45) is 23.5. The van der Waals surface area contributed by atoms with Crippen molar-refractivity contribution in [2.75, 3.05) is 0 Å². The van der Waals surface area contributed by atoms with Gasteiger partial charge in [-0.1, -0.05) is 48.6 Å². The van der Waals surface area contributed by atoms with Crippen LogP contribution in [0.3, 0.4) is 0 Å². The van der Waals surface area contributed by atoms with E-state index in [1.165, 1.54) is 25.7 Å². The molecule has 13 heavy (non-hydrogen) atoms. The molecule has 0 saturated carbocycles. The van der Waals surface area contributed by atoms with Gasteiger partial charge in [0.05, 0.1) is 0 Å². The molecule has 0 saturated heterocycles. The van der Waals surface area contributed by atoms with E-state index in [4.69, 9.17) is 0 Å². The molecule has 2 rings (SSSR count).